The molecule has 0 N–H and O–H groups in total. The first kappa shape index (κ1) is 18.7. The van der Waals surface area contributed by atoms with E-state index in [-0.39, 0.29) is 22.6 Å². The summed E-state index contributed by atoms with van der Waals surface area (Å²) in [7, 11) is 0. The van der Waals surface area contributed by atoms with Gasteiger partial charge in [0.15, 0.2) is 0 Å². The van der Waals surface area contributed by atoms with E-state index >= 15 is 0 Å². The minimum absolute atomic E-state index is 0.00143. The molecule has 0 saturated heterocycles. The number of rotatable bonds is 6. The van der Waals surface area contributed by atoms with Gasteiger partial charge in [-0.1, -0.05) is 63.8 Å². The molecule has 2 unspecified atom stereocenters. The van der Waals surface area contributed by atoms with Crippen LogP contribution < -0.4 is 0 Å². The summed E-state index contributed by atoms with van der Waals surface area (Å²) in [5.41, 5.74) is 3.50. The zero-order chi connectivity index (χ0) is 18.0. The molecule has 0 heterocycles. The summed E-state index contributed by atoms with van der Waals surface area (Å²) in [5.74, 6) is 0.168. The van der Waals surface area contributed by atoms with Crippen molar-refractivity contribution in [2.75, 3.05) is 0 Å². The second kappa shape index (κ2) is 7.09. The lowest BCUT2D eigenvalue weighted by atomic mass is 9.70. The molecule has 2 aliphatic rings. The van der Waals surface area contributed by atoms with Crippen molar-refractivity contribution in [3.8, 4) is 0 Å². The summed E-state index contributed by atoms with van der Waals surface area (Å²) in [5, 5.41) is 0. The van der Waals surface area contributed by atoms with Crippen LogP contribution in [0.2, 0.25) is 0 Å². The van der Waals surface area contributed by atoms with Crippen LogP contribution >= 0.6 is 0 Å². The molecule has 0 aromatic rings. The molecule has 130 valence electrons. The van der Waals surface area contributed by atoms with Crippen molar-refractivity contribution in [3.05, 3.63) is 71.7 Å². The van der Waals surface area contributed by atoms with E-state index < -0.39 is 0 Å². The molecule has 2 atom stereocenters. The molecule has 0 bridgehead atoms. The lowest BCUT2D eigenvalue weighted by Crippen LogP contribution is -2.25. The Morgan fingerprint density at radius 3 is 2.58 bits per heavy atom. The molecule has 2 rings (SSSR count). The largest absolute Gasteiger partial charge is 0.212 e. The van der Waals surface area contributed by atoms with E-state index in [9.17, 15) is 4.39 Å². The molecule has 0 spiro atoms. The Hall–Kier alpha value is -1.63. The van der Waals surface area contributed by atoms with Crippen LogP contribution in [0.15, 0.2) is 71.7 Å². The Balaban J connectivity index is 2.46. The lowest BCUT2D eigenvalue weighted by Gasteiger charge is -2.34. The van der Waals surface area contributed by atoms with E-state index in [1.54, 1.807) is 6.08 Å². The van der Waals surface area contributed by atoms with Gasteiger partial charge in [0.2, 0.25) is 0 Å². The van der Waals surface area contributed by atoms with E-state index in [1.807, 2.05) is 32.1 Å². The zero-order valence-electron chi connectivity index (χ0n) is 15.8. The molecule has 1 heteroatoms. The van der Waals surface area contributed by atoms with Crippen LogP contribution in [0.3, 0.4) is 0 Å². The highest BCUT2D eigenvalue weighted by molar-refractivity contribution is 5.51. The highest BCUT2D eigenvalue weighted by atomic mass is 19.1. The average Bonchev–Trinajstić information content (AvgIpc) is 3.07. The third-order valence-corrected chi connectivity index (χ3v) is 5.63. The maximum atomic E-state index is 14.3. The predicted molar refractivity (Wildman–Crippen MR) is 103 cm³/mol. The van der Waals surface area contributed by atoms with Crippen LogP contribution in [0.4, 0.5) is 4.39 Å². The van der Waals surface area contributed by atoms with Crippen LogP contribution in [0.5, 0.6) is 0 Å². The second-order valence-electron chi connectivity index (χ2n) is 7.77. The fraction of sp³-hybridized carbons (Fsp3) is 0.478. The van der Waals surface area contributed by atoms with E-state index in [0.29, 0.717) is 6.42 Å². The average molecular weight is 326 g/mol. The summed E-state index contributed by atoms with van der Waals surface area (Å²) in [4.78, 5) is 0. The van der Waals surface area contributed by atoms with E-state index in [4.69, 9.17) is 0 Å². The summed E-state index contributed by atoms with van der Waals surface area (Å²) in [6.07, 6.45) is 17.0. The quantitative estimate of drug-likeness (QED) is 0.356. The Morgan fingerprint density at radius 1 is 1.38 bits per heavy atom. The summed E-state index contributed by atoms with van der Waals surface area (Å²) >= 11 is 0. The van der Waals surface area contributed by atoms with E-state index in [1.165, 1.54) is 5.57 Å². The molecule has 1 saturated carbocycles. The van der Waals surface area contributed by atoms with Crippen molar-refractivity contribution in [1.29, 1.82) is 0 Å². The molecule has 0 radical (unpaired) electrons. The monoisotopic (exact) mass is 326 g/mol. The first-order valence-corrected chi connectivity index (χ1v) is 9.02. The van der Waals surface area contributed by atoms with Gasteiger partial charge in [-0.2, -0.15) is 0 Å². The van der Waals surface area contributed by atoms with Gasteiger partial charge in [-0.15, -0.1) is 0 Å². The molecule has 0 aliphatic heterocycles. The van der Waals surface area contributed by atoms with Crippen molar-refractivity contribution >= 4 is 0 Å². The molecule has 1 fully saturated rings. The van der Waals surface area contributed by atoms with Gasteiger partial charge < -0.3 is 0 Å². The standard InChI is InChI=1S/C23H31F/c1-7-9-11-12-17(3)21-18(4)14-19(24)15-20(21)23(13-10-8-2)16-22(23,5)6/h7,9-14,20H,3,8,15-16H2,1-2,4-6H3/b9-7-,12-11-,13-10?. The molecule has 0 nitrogen and oxygen atoms in total. The maximum absolute atomic E-state index is 14.3. The summed E-state index contributed by atoms with van der Waals surface area (Å²) in [6, 6.07) is 0. The van der Waals surface area contributed by atoms with Crippen molar-refractivity contribution in [3.63, 3.8) is 0 Å². The van der Waals surface area contributed by atoms with Crippen molar-refractivity contribution in [2.24, 2.45) is 16.7 Å². The number of halogens is 1. The molecular formula is C23H31F. The molecular weight excluding hydrogens is 295 g/mol. The third-order valence-electron chi connectivity index (χ3n) is 5.63. The molecule has 0 aromatic carbocycles. The Bertz CT molecular complexity index is 652. The van der Waals surface area contributed by atoms with Gasteiger partial charge in [-0.05, 0) is 54.9 Å². The number of hydrogen-bond donors (Lipinski definition) is 0. The fourth-order valence-electron chi connectivity index (χ4n) is 4.24. The van der Waals surface area contributed by atoms with Crippen LogP contribution in [0, 0.1) is 16.7 Å². The minimum Gasteiger partial charge on any atom is -0.212 e. The molecule has 2 aliphatic carbocycles. The number of hydrogen-bond acceptors (Lipinski definition) is 0. The van der Waals surface area contributed by atoms with Crippen LogP contribution in [-0.4, -0.2) is 0 Å². The third kappa shape index (κ3) is 3.41. The Morgan fingerprint density at radius 2 is 2.04 bits per heavy atom. The predicted octanol–water partition coefficient (Wildman–Crippen LogP) is 7.25. The number of allylic oxidation sites excluding steroid dienone is 11. The first-order valence-electron chi connectivity index (χ1n) is 9.02. The van der Waals surface area contributed by atoms with Crippen LogP contribution in [0.1, 0.15) is 53.9 Å². The SMILES string of the molecule is C=C(/C=C\C=C/C)C1=C(C)C=C(F)CC1C1(C=CCC)CC1(C)C. The Kier molecular flexibility index (Phi) is 5.52. The lowest BCUT2D eigenvalue weighted by molar-refractivity contribution is 0.324. The van der Waals surface area contributed by atoms with Gasteiger partial charge in [0, 0.05) is 17.8 Å². The summed E-state index contributed by atoms with van der Waals surface area (Å²) in [6.45, 7) is 15.1. The van der Waals surface area contributed by atoms with Gasteiger partial charge in [0.1, 0.15) is 5.83 Å². The molecule has 24 heavy (non-hydrogen) atoms. The normalized spacial score (nSPS) is 29.8. The highest BCUT2D eigenvalue weighted by Gasteiger charge is 2.64. The fourth-order valence-corrected chi connectivity index (χ4v) is 4.24. The van der Waals surface area contributed by atoms with Crippen molar-refractivity contribution < 1.29 is 4.39 Å². The van der Waals surface area contributed by atoms with Crippen molar-refractivity contribution in [1.82, 2.24) is 0 Å². The van der Waals surface area contributed by atoms with E-state index in [0.717, 1.165) is 24.0 Å². The minimum atomic E-state index is -0.00143. The van der Waals surface area contributed by atoms with Gasteiger partial charge in [-0.25, -0.2) is 4.39 Å². The van der Waals surface area contributed by atoms with Crippen molar-refractivity contribution in [2.45, 2.75) is 53.9 Å². The molecule has 0 amide bonds. The van der Waals surface area contributed by atoms with Gasteiger partial charge in [0.25, 0.3) is 0 Å². The highest BCUT2D eigenvalue weighted by Crippen LogP contribution is 2.71. The van der Waals surface area contributed by atoms with Gasteiger partial charge in [0.05, 0.1) is 0 Å². The smallest absolute Gasteiger partial charge is 0.101 e. The van der Waals surface area contributed by atoms with E-state index in [2.05, 4.69) is 45.6 Å². The van der Waals surface area contributed by atoms with Gasteiger partial charge >= 0.3 is 0 Å². The first-order chi connectivity index (χ1) is 11.3. The molecule has 0 aromatic heterocycles. The second-order valence-corrected chi connectivity index (χ2v) is 7.77. The van der Waals surface area contributed by atoms with Crippen LogP contribution in [0.25, 0.3) is 0 Å². The Labute approximate surface area is 147 Å². The zero-order valence-corrected chi connectivity index (χ0v) is 15.8. The maximum Gasteiger partial charge on any atom is 0.101 e. The van der Waals surface area contributed by atoms with Gasteiger partial charge in [-0.3, -0.25) is 0 Å². The topological polar surface area (TPSA) is 0 Å². The van der Waals surface area contributed by atoms with Crippen LogP contribution in [-0.2, 0) is 0 Å². The summed E-state index contributed by atoms with van der Waals surface area (Å²) < 4.78 is 14.3.